The fraction of sp³-hybridized carbons (Fsp3) is 0.125. The normalized spacial score (nSPS) is 12.7. The molecule has 108 valence electrons. The highest BCUT2D eigenvalue weighted by atomic mass is 35.5. The predicted octanol–water partition coefficient (Wildman–Crippen LogP) is 4.44. The molecule has 0 bridgehead atoms. The van der Waals surface area contributed by atoms with Crippen molar-refractivity contribution in [2.45, 2.75) is 12.5 Å². The molecule has 21 heavy (non-hydrogen) atoms. The van der Waals surface area contributed by atoms with E-state index >= 15 is 0 Å². The van der Waals surface area contributed by atoms with Crippen molar-refractivity contribution in [3.8, 4) is 0 Å². The average molecular weight is 321 g/mol. The molecule has 2 nitrogen and oxygen atoms in total. The molecule has 1 heterocycles. The summed E-state index contributed by atoms with van der Waals surface area (Å²) in [6.45, 7) is 0. The van der Waals surface area contributed by atoms with Gasteiger partial charge in [0.25, 0.3) is 0 Å². The minimum Gasteiger partial charge on any atom is -0.271 e. The second-order valence-electron chi connectivity index (χ2n) is 4.82. The molecule has 0 amide bonds. The van der Waals surface area contributed by atoms with Crippen molar-refractivity contribution < 1.29 is 4.39 Å². The lowest BCUT2D eigenvalue weighted by atomic mass is 9.98. The quantitative estimate of drug-likeness (QED) is 0.551. The van der Waals surface area contributed by atoms with E-state index in [0.717, 1.165) is 10.9 Å². The van der Waals surface area contributed by atoms with Gasteiger partial charge in [0.05, 0.1) is 11.1 Å². The van der Waals surface area contributed by atoms with Gasteiger partial charge in [0.1, 0.15) is 5.82 Å². The van der Waals surface area contributed by atoms with Crippen molar-refractivity contribution in [1.29, 1.82) is 0 Å². The van der Waals surface area contributed by atoms with E-state index in [1.807, 2.05) is 12.1 Å². The molecule has 3 aromatic rings. The Kier molecular flexibility index (Phi) is 4.22. The number of hydrogen-bond acceptors (Lipinski definition) is 3. The zero-order valence-electron chi connectivity index (χ0n) is 11.1. The van der Waals surface area contributed by atoms with Gasteiger partial charge >= 0.3 is 0 Å². The van der Waals surface area contributed by atoms with Crippen LogP contribution in [0.3, 0.4) is 0 Å². The van der Waals surface area contributed by atoms with E-state index in [9.17, 15) is 4.39 Å². The maximum Gasteiger partial charge on any atom is 0.145 e. The first kappa shape index (κ1) is 14.5. The van der Waals surface area contributed by atoms with Crippen LogP contribution in [0, 0.1) is 5.82 Å². The molecule has 3 rings (SSSR count). The predicted molar refractivity (Wildman–Crippen MR) is 87.0 cm³/mol. The summed E-state index contributed by atoms with van der Waals surface area (Å²) in [4.78, 5) is 0. The minimum absolute atomic E-state index is 0.137. The van der Waals surface area contributed by atoms with E-state index in [0.29, 0.717) is 12.0 Å². The SMILES string of the molecule is NNC(Cc1cccc(Cl)c1F)c1csc2ccccc12. The van der Waals surface area contributed by atoms with Gasteiger partial charge < -0.3 is 0 Å². The minimum atomic E-state index is -0.376. The van der Waals surface area contributed by atoms with Crippen LogP contribution in [0.5, 0.6) is 0 Å². The molecule has 1 atom stereocenters. The molecule has 0 saturated heterocycles. The van der Waals surface area contributed by atoms with E-state index in [1.54, 1.807) is 29.5 Å². The summed E-state index contributed by atoms with van der Waals surface area (Å²) in [5.74, 6) is 5.31. The molecule has 1 aromatic heterocycles. The number of nitrogens with two attached hydrogens (primary N) is 1. The first-order valence-corrected chi connectivity index (χ1v) is 7.81. The molecule has 0 spiro atoms. The van der Waals surface area contributed by atoms with E-state index in [2.05, 4.69) is 22.9 Å². The summed E-state index contributed by atoms with van der Waals surface area (Å²) in [5, 5.41) is 3.35. The van der Waals surface area contributed by atoms with Crippen LogP contribution in [-0.4, -0.2) is 0 Å². The van der Waals surface area contributed by atoms with E-state index < -0.39 is 0 Å². The zero-order chi connectivity index (χ0) is 14.8. The highest BCUT2D eigenvalue weighted by Crippen LogP contribution is 2.32. The number of rotatable bonds is 4. The van der Waals surface area contributed by atoms with Crippen LogP contribution in [-0.2, 0) is 6.42 Å². The molecular weight excluding hydrogens is 307 g/mol. The Morgan fingerprint density at radius 1 is 1.19 bits per heavy atom. The maximum atomic E-state index is 14.1. The van der Waals surface area contributed by atoms with Gasteiger partial charge in [-0.15, -0.1) is 11.3 Å². The summed E-state index contributed by atoms with van der Waals surface area (Å²) in [6, 6.07) is 13.0. The number of fused-ring (bicyclic) bond motifs is 1. The number of hydrazine groups is 1. The number of hydrogen-bond donors (Lipinski definition) is 2. The van der Waals surface area contributed by atoms with Crippen LogP contribution in [0.4, 0.5) is 4.39 Å². The molecule has 0 fully saturated rings. The van der Waals surface area contributed by atoms with E-state index in [-0.39, 0.29) is 16.9 Å². The van der Waals surface area contributed by atoms with Crippen molar-refractivity contribution in [2.75, 3.05) is 0 Å². The molecule has 0 aliphatic heterocycles. The van der Waals surface area contributed by atoms with E-state index in [1.165, 1.54) is 4.70 Å². The van der Waals surface area contributed by atoms with E-state index in [4.69, 9.17) is 17.4 Å². The number of halogens is 2. The second-order valence-corrected chi connectivity index (χ2v) is 6.14. The van der Waals surface area contributed by atoms with Gasteiger partial charge in [0.2, 0.25) is 0 Å². The third-order valence-corrected chi connectivity index (χ3v) is 4.82. The average Bonchev–Trinajstić information content (AvgIpc) is 2.93. The van der Waals surface area contributed by atoms with Gasteiger partial charge in [-0.25, -0.2) is 4.39 Å². The van der Waals surface area contributed by atoms with Gasteiger partial charge in [-0.05, 0) is 40.4 Å². The van der Waals surface area contributed by atoms with Gasteiger partial charge in [-0.2, -0.15) is 0 Å². The van der Waals surface area contributed by atoms with Gasteiger partial charge in [0.15, 0.2) is 0 Å². The Labute approximate surface area is 131 Å². The fourth-order valence-corrected chi connectivity index (χ4v) is 3.66. The van der Waals surface area contributed by atoms with Crippen LogP contribution in [0.1, 0.15) is 17.2 Å². The summed E-state index contributed by atoms with van der Waals surface area (Å²) in [6.07, 6.45) is 0.448. The Balaban J connectivity index is 1.97. The summed E-state index contributed by atoms with van der Waals surface area (Å²) in [7, 11) is 0. The second kappa shape index (κ2) is 6.12. The molecule has 3 N–H and O–H groups in total. The number of benzene rings is 2. The third-order valence-electron chi connectivity index (χ3n) is 3.54. The first-order chi connectivity index (χ1) is 10.2. The molecule has 2 aromatic carbocycles. The number of thiophene rings is 1. The first-order valence-electron chi connectivity index (χ1n) is 6.56. The smallest absolute Gasteiger partial charge is 0.145 e. The topological polar surface area (TPSA) is 38.0 Å². The lowest BCUT2D eigenvalue weighted by Gasteiger charge is -2.16. The molecular formula is C16H14ClFN2S. The van der Waals surface area contributed by atoms with Gasteiger partial charge in [-0.3, -0.25) is 11.3 Å². The summed E-state index contributed by atoms with van der Waals surface area (Å²) < 4.78 is 15.2. The summed E-state index contributed by atoms with van der Waals surface area (Å²) in [5.41, 5.74) is 4.43. The van der Waals surface area contributed by atoms with Crippen LogP contribution in [0.2, 0.25) is 5.02 Å². The highest BCUT2D eigenvalue weighted by molar-refractivity contribution is 7.17. The van der Waals surface area contributed by atoms with Gasteiger partial charge in [0, 0.05) is 4.70 Å². The molecule has 0 aliphatic carbocycles. The Morgan fingerprint density at radius 3 is 2.81 bits per heavy atom. The molecule has 0 saturated carbocycles. The molecule has 1 unspecified atom stereocenters. The van der Waals surface area contributed by atoms with Crippen molar-refractivity contribution in [1.82, 2.24) is 5.43 Å². The van der Waals surface area contributed by atoms with Crippen LogP contribution < -0.4 is 11.3 Å². The van der Waals surface area contributed by atoms with Crippen molar-refractivity contribution in [2.24, 2.45) is 5.84 Å². The summed E-state index contributed by atoms with van der Waals surface area (Å²) >= 11 is 7.50. The van der Waals surface area contributed by atoms with Gasteiger partial charge in [-0.1, -0.05) is 41.9 Å². The monoisotopic (exact) mass is 320 g/mol. The van der Waals surface area contributed by atoms with Crippen molar-refractivity contribution >= 4 is 33.0 Å². The molecule has 0 aliphatic rings. The largest absolute Gasteiger partial charge is 0.271 e. The fourth-order valence-electron chi connectivity index (χ4n) is 2.45. The molecule has 0 radical (unpaired) electrons. The Hall–Kier alpha value is -1.46. The Morgan fingerprint density at radius 2 is 2.00 bits per heavy atom. The third kappa shape index (κ3) is 2.80. The maximum absolute atomic E-state index is 14.1. The lowest BCUT2D eigenvalue weighted by Crippen LogP contribution is -2.29. The number of nitrogens with one attached hydrogen (secondary N) is 1. The highest BCUT2D eigenvalue weighted by Gasteiger charge is 2.17. The molecule has 5 heteroatoms. The lowest BCUT2D eigenvalue weighted by molar-refractivity contribution is 0.533. The van der Waals surface area contributed by atoms with Crippen molar-refractivity contribution in [3.63, 3.8) is 0 Å². The van der Waals surface area contributed by atoms with Crippen LogP contribution in [0.15, 0.2) is 47.8 Å². The van der Waals surface area contributed by atoms with Crippen LogP contribution >= 0.6 is 22.9 Å². The zero-order valence-corrected chi connectivity index (χ0v) is 12.7. The van der Waals surface area contributed by atoms with Crippen molar-refractivity contribution in [3.05, 3.63) is 69.8 Å². The Bertz CT molecular complexity index is 772. The standard InChI is InChI=1S/C16H14ClFN2S/c17-13-6-3-4-10(16(13)18)8-14(20-19)12-9-21-15-7-2-1-5-11(12)15/h1-7,9,14,20H,8,19H2. The van der Waals surface area contributed by atoms with Crippen LogP contribution in [0.25, 0.3) is 10.1 Å².